The summed E-state index contributed by atoms with van der Waals surface area (Å²) >= 11 is 3.76. The van der Waals surface area contributed by atoms with Crippen LogP contribution in [0.2, 0.25) is 0 Å². The minimum absolute atomic E-state index is 1.10. The van der Waals surface area contributed by atoms with E-state index in [2.05, 4.69) is 264 Å². The molecule has 0 radical (unpaired) electrons. The fourth-order valence-corrected chi connectivity index (χ4v) is 13.2. The number of nitrogens with zero attached hydrogens (tertiary/aromatic N) is 2. The molecule has 0 aliphatic carbocycles. The van der Waals surface area contributed by atoms with Gasteiger partial charge in [-0.1, -0.05) is 188 Å². The molecule has 0 aliphatic heterocycles. The summed E-state index contributed by atoms with van der Waals surface area (Å²) in [6.07, 6.45) is 0. The third kappa shape index (κ3) is 6.68. The monoisotopic (exact) mass is 926 g/mol. The van der Waals surface area contributed by atoms with Crippen molar-refractivity contribution in [2.45, 2.75) is 0 Å². The Morgan fingerprint density at radius 1 is 0.300 bits per heavy atom. The lowest BCUT2D eigenvalue weighted by Gasteiger charge is -2.27. The van der Waals surface area contributed by atoms with Crippen LogP contribution in [0.5, 0.6) is 0 Å². The van der Waals surface area contributed by atoms with Crippen LogP contribution >= 0.6 is 22.7 Å². The maximum atomic E-state index is 2.46. The molecule has 0 unspecified atom stereocenters. The van der Waals surface area contributed by atoms with Crippen molar-refractivity contribution in [2.24, 2.45) is 0 Å². The van der Waals surface area contributed by atoms with Gasteiger partial charge in [-0.2, -0.15) is 0 Å². The van der Waals surface area contributed by atoms with Crippen molar-refractivity contribution in [1.82, 2.24) is 4.57 Å². The first-order chi connectivity index (χ1) is 34.7. The van der Waals surface area contributed by atoms with E-state index in [1.165, 1.54) is 107 Å². The van der Waals surface area contributed by atoms with Gasteiger partial charge in [0, 0.05) is 68.2 Å². The molecule has 0 aliphatic rings. The van der Waals surface area contributed by atoms with E-state index in [0.717, 1.165) is 22.7 Å². The number of thiophene rings is 2. The highest BCUT2D eigenvalue weighted by Crippen LogP contribution is 2.49. The van der Waals surface area contributed by atoms with Crippen LogP contribution in [0.15, 0.2) is 255 Å². The molecule has 2 nitrogen and oxygen atoms in total. The highest BCUT2D eigenvalue weighted by Gasteiger charge is 2.22. The molecule has 0 bridgehead atoms. The molecule has 0 saturated carbocycles. The summed E-state index contributed by atoms with van der Waals surface area (Å²) < 4.78 is 7.60. The Hall–Kier alpha value is -8.54. The van der Waals surface area contributed by atoms with E-state index >= 15 is 0 Å². The molecule has 11 aromatic carbocycles. The molecule has 14 rings (SSSR count). The number of rotatable bonds is 8. The molecule has 0 spiro atoms. The second kappa shape index (κ2) is 16.6. The predicted molar refractivity (Wildman–Crippen MR) is 303 cm³/mol. The molecule has 3 aromatic heterocycles. The molecule has 0 atom stereocenters. The lowest BCUT2D eigenvalue weighted by atomic mass is 9.98. The van der Waals surface area contributed by atoms with Crippen molar-refractivity contribution in [1.29, 1.82) is 0 Å². The van der Waals surface area contributed by atoms with Crippen LogP contribution in [0.4, 0.5) is 17.1 Å². The zero-order chi connectivity index (χ0) is 46.1. The van der Waals surface area contributed by atoms with Gasteiger partial charge in [0.25, 0.3) is 0 Å². The average Bonchev–Trinajstić information content (AvgIpc) is 4.12. The van der Waals surface area contributed by atoms with E-state index in [0.29, 0.717) is 0 Å². The molecule has 0 saturated heterocycles. The van der Waals surface area contributed by atoms with Gasteiger partial charge in [-0.15, -0.1) is 22.7 Å². The smallest absolute Gasteiger partial charge is 0.0555 e. The van der Waals surface area contributed by atoms with Gasteiger partial charge < -0.3 is 9.47 Å². The summed E-state index contributed by atoms with van der Waals surface area (Å²) in [6.45, 7) is 0. The second-order valence-electron chi connectivity index (χ2n) is 18.0. The maximum Gasteiger partial charge on any atom is 0.0555 e. The molecular formula is C66H42N2S2. The van der Waals surface area contributed by atoms with Crippen molar-refractivity contribution in [3.05, 3.63) is 255 Å². The number of anilines is 3. The van der Waals surface area contributed by atoms with Gasteiger partial charge in [0.1, 0.15) is 0 Å². The van der Waals surface area contributed by atoms with Crippen LogP contribution < -0.4 is 4.90 Å². The van der Waals surface area contributed by atoms with Crippen molar-refractivity contribution >= 4 is 102 Å². The minimum atomic E-state index is 1.10. The largest absolute Gasteiger partial charge is 0.310 e. The number of hydrogen-bond donors (Lipinski definition) is 0. The van der Waals surface area contributed by atoms with Crippen LogP contribution in [-0.2, 0) is 0 Å². The van der Waals surface area contributed by atoms with Crippen LogP contribution in [0, 0.1) is 0 Å². The summed E-state index contributed by atoms with van der Waals surface area (Å²) in [6, 6.07) is 93.6. The molecule has 328 valence electrons. The summed E-state index contributed by atoms with van der Waals surface area (Å²) in [4.78, 5) is 2.46. The highest BCUT2D eigenvalue weighted by molar-refractivity contribution is 7.26. The molecule has 0 amide bonds. The number of hydrogen-bond acceptors (Lipinski definition) is 3. The van der Waals surface area contributed by atoms with Crippen molar-refractivity contribution < 1.29 is 0 Å². The normalized spacial score (nSPS) is 11.7. The van der Waals surface area contributed by atoms with E-state index in [9.17, 15) is 0 Å². The lowest BCUT2D eigenvalue weighted by Crippen LogP contribution is -2.10. The molecule has 0 fully saturated rings. The molecule has 14 aromatic rings. The Bertz CT molecular complexity index is 4220. The Balaban J connectivity index is 0.924. The number of para-hydroxylation sites is 2. The Labute approximate surface area is 413 Å². The van der Waals surface area contributed by atoms with Gasteiger partial charge in [0.15, 0.2) is 0 Å². The quantitative estimate of drug-likeness (QED) is 0.147. The highest BCUT2D eigenvalue weighted by atomic mass is 32.1. The first kappa shape index (κ1) is 40.5. The average molecular weight is 927 g/mol. The van der Waals surface area contributed by atoms with Crippen molar-refractivity contribution in [2.75, 3.05) is 4.90 Å². The fraction of sp³-hybridized carbons (Fsp3) is 0. The second-order valence-corrected chi connectivity index (χ2v) is 20.1. The Morgan fingerprint density at radius 3 is 1.44 bits per heavy atom. The van der Waals surface area contributed by atoms with Crippen molar-refractivity contribution in [3.63, 3.8) is 0 Å². The van der Waals surface area contributed by atoms with E-state index in [1.807, 2.05) is 22.7 Å². The first-order valence-electron chi connectivity index (χ1n) is 23.8. The van der Waals surface area contributed by atoms with Gasteiger partial charge in [0.2, 0.25) is 0 Å². The maximum absolute atomic E-state index is 2.46. The topological polar surface area (TPSA) is 8.17 Å². The molecular weight excluding hydrogens is 885 g/mol. The standard InChI is InChI=1S/C66H42N2S2/c1-2-14-43(15-3-1)44-28-30-45(31-29-44)46-32-36-49(37-33-46)67(50-38-34-47(35-39-50)52-22-13-23-57-56-20-6-10-26-62(56)69-65(52)57)61-41-40-53(66-64(61)58-21-7-11-27-63(58)70-66)48-16-12-17-51(42-48)68-59-24-8-4-18-54(59)55-19-5-9-25-60(55)68/h1-42H. The molecule has 4 heteroatoms. The van der Waals surface area contributed by atoms with Crippen LogP contribution in [-0.4, -0.2) is 4.57 Å². The molecule has 3 heterocycles. The van der Waals surface area contributed by atoms with Gasteiger partial charge in [-0.25, -0.2) is 0 Å². The van der Waals surface area contributed by atoms with Gasteiger partial charge >= 0.3 is 0 Å². The number of aromatic nitrogens is 1. The molecule has 70 heavy (non-hydrogen) atoms. The number of benzene rings is 11. The predicted octanol–water partition coefficient (Wildman–Crippen LogP) is 19.7. The lowest BCUT2D eigenvalue weighted by molar-refractivity contribution is 1.18. The van der Waals surface area contributed by atoms with E-state index in [1.54, 1.807) is 0 Å². The van der Waals surface area contributed by atoms with Gasteiger partial charge in [-0.3, -0.25) is 0 Å². The summed E-state index contributed by atoms with van der Waals surface area (Å²) in [5.41, 5.74) is 16.6. The Kier molecular flexibility index (Phi) is 9.61. The third-order valence-electron chi connectivity index (χ3n) is 14.0. The minimum Gasteiger partial charge on any atom is -0.310 e. The van der Waals surface area contributed by atoms with Crippen LogP contribution in [0.25, 0.3) is 112 Å². The summed E-state index contributed by atoms with van der Waals surface area (Å²) in [5, 5.41) is 7.66. The van der Waals surface area contributed by atoms with Crippen LogP contribution in [0.3, 0.4) is 0 Å². The number of fused-ring (bicyclic) bond motifs is 9. The first-order valence-corrected chi connectivity index (χ1v) is 25.5. The van der Waals surface area contributed by atoms with Gasteiger partial charge in [0.05, 0.1) is 16.7 Å². The van der Waals surface area contributed by atoms with Gasteiger partial charge in [-0.05, 0) is 111 Å². The summed E-state index contributed by atoms with van der Waals surface area (Å²) in [7, 11) is 0. The third-order valence-corrected chi connectivity index (χ3v) is 16.5. The van der Waals surface area contributed by atoms with E-state index in [4.69, 9.17) is 0 Å². The SMILES string of the molecule is c1ccc(-c2ccc(-c3ccc(N(c4ccc(-c5cccc6c5sc5ccccc56)cc4)c4ccc(-c5cccc(-n6c7ccccc7c7ccccc76)c5)c5sc6ccccc6c45)cc3)cc2)cc1. The molecule has 0 N–H and O–H groups in total. The zero-order valence-electron chi connectivity index (χ0n) is 38.0. The fourth-order valence-electron chi connectivity index (χ4n) is 10.7. The zero-order valence-corrected chi connectivity index (χ0v) is 39.6. The van der Waals surface area contributed by atoms with Crippen LogP contribution in [0.1, 0.15) is 0 Å². The van der Waals surface area contributed by atoms with Crippen molar-refractivity contribution in [3.8, 4) is 50.2 Å². The van der Waals surface area contributed by atoms with E-state index < -0.39 is 0 Å². The van der Waals surface area contributed by atoms with E-state index in [-0.39, 0.29) is 0 Å². The Morgan fingerprint density at radius 2 is 0.771 bits per heavy atom. The summed E-state index contributed by atoms with van der Waals surface area (Å²) in [5.74, 6) is 0.